The Bertz CT molecular complexity index is 216. The van der Waals surface area contributed by atoms with Crippen LogP contribution in [0.5, 0.6) is 0 Å². The van der Waals surface area contributed by atoms with Gasteiger partial charge in [-0.25, -0.2) is 0 Å². The average molecular weight is 291 g/mol. The summed E-state index contributed by atoms with van der Waals surface area (Å²) >= 11 is 0. The quantitative estimate of drug-likeness (QED) is 0.428. The first-order valence-corrected chi connectivity index (χ1v) is 8.99. The molecule has 1 aliphatic heterocycles. The maximum absolute atomic E-state index is 5.39. The number of hydrogen-bond donors (Lipinski definition) is 2. The first-order chi connectivity index (χ1) is 9.26. The summed E-state index contributed by atoms with van der Waals surface area (Å²) in [6.07, 6.45) is 1.02. The van der Waals surface area contributed by atoms with Crippen LogP contribution in [0.25, 0.3) is 0 Å². The minimum atomic E-state index is -2.37. The second-order valence-electron chi connectivity index (χ2n) is 4.74. The van der Waals surface area contributed by atoms with Crippen LogP contribution >= 0.6 is 0 Å². The first-order valence-electron chi connectivity index (χ1n) is 7.05. The van der Waals surface area contributed by atoms with Gasteiger partial charge in [0.15, 0.2) is 0 Å². The van der Waals surface area contributed by atoms with E-state index >= 15 is 0 Å². The average Bonchev–Trinajstić information content (AvgIpc) is 2.48. The molecule has 0 aromatic carbocycles. The van der Waals surface area contributed by atoms with Crippen molar-refractivity contribution in [1.82, 2.24) is 15.5 Å². The maximum atomic E-state index is 5.39. The molecule has 0 unspecified atom stereocenters. The van der Waals surface area contributed by atoms with Gasteiger partial charge in [-0.05, 0) is 13.0 Å². The van der Waals surface area contributed by atoms with Crippen molar-refractivity contribution in [2.45, 2.75) is 12.5 Å². The van der Waals surface area contributed by atoms with E-state index in [2.05, 4.69) is 15.5 Å². The Kier molecular flexibility index (Phi) is 8.80. The van der Waals surface area contributed by atoms with Crippen LogP contribution in [0, 0.1) is 0 Å². The number of piperazine rings is 1. The van der Waals surface area contributed by atoms with Crippen molar-refractivity contribution >= 4 is 8.80 Å². The van der Waals surface area contributed by atoms with Gasteiger partial charge in [0.25, 0.3) is 0 Å². The van der Waals surface area contributed by atoms with E-state index in [-0.39, 0.29) is 0 Å². The molecule has 1 rings (SSSR count). The van der Waals surface area contributed by atoms with Crippen molar-refractivity contribution in [3.63, 3.8) is 0 Å². The Labute approximate surface area is 118 Å². The molecule has 114 valence electrons. The van der Waals surface area contributed by atoms with E-state index in [0.717, 1.165) is 58.3 Å². The minimum Gasteiger partial charge on any atom is -0.377 e. The summed E-state index contributed by atoms with van der Waals surface area (Å²) in [5.41, 5.74) is 0. The number of nitrogens with one attached hydrogen (secondary N) is 2. The van der Waals surface area contributed by atoms with Crippen LogP contribution in [0.3, 0.4) is 0 Å². The first kappa shape index (κ1) is 17.0. The maximum Gasteiger partial charge on any atom is 0.500 e. The lowest BCUT2D eigenvalue weighted by Crippen LogP contribution is -2.46. The Balaban J connectivity index is 2.01. The van der Waals surface area contributed by atoms with Gasteiger partial charge >= 0.3 is 8.80 Å². The Morgan fingerprint density at radius 1 is 1.05 bits per heavy atom. The zero-order valence-corrected chi connectivity index (χ0v) is 13.5. The van der Waals surface area contributed by atoms with E-state index in [0.29, 0.717) is 0 Å². The highest BCUT2D eigenvalue weighted by atomic mass is 28.4. The van der Waals surface area contributed by atoms with E-state index in [1.54, 1.807) is 21.3 Å². The lowest BCUT2D eigenvalue weighted by Gasteiger charge is -2.27. The van der Waals surface area contributed by atoms with E-state index in [4.69, 9.17) is 13.3 Å². The van der Waals surface area contributed by atoms with E-state index < -0.39 is 8.80 Å². The largest absolute Gasteiger partial charge is 0.500 e. The molecule has 0 aliphatic carbocycles. The molecule has 0 spiro atoms. The van der Waals surface area contributed by atoms with Crippen LogP contribution in [0.4, 0.5) is 0 Å². The van der Waals surface area contributed by atoms with Gasteiger partial charge in [-0.2, -0.15) is 0 Å². The van der Waals surface area contributed by atoms with Crippen LogP contribution in [-0.2, 0) is 13.3 Å². The van der Waals surface area contributed by atoms with Gasteiger partial charge in [-0.1, -0.05) is 0 Å². The highest BCUT2D eigenvalue weighted by molar-refractivity contribution is 6.60. The fourth-order valence-corrected chi connectivity index (χ4v) is 4.01. The summed E-state index contributed by atoms with van der Waals surface area (Å²) in [5, 5.41) is 6.83. The molecule has 7 heteroatoms. The van der Waals surface area contributed by atoms with Crippen LogP contribution in [-0.4, -0.2) is 80.8 Å². The lowest BCUT2D eigenvalue weighted by atomic mass is 10.3. The molecule has 1 saturated heterocycles. The van der Waals surface area contributed by atoms with Gasteiger partial charge in [0.05, 0.1) is 0 Å². The molecule has 0 amide bonds. The predicted molar refractivity (Wildman–Crippen MR) is 78.4 cm³/mol. The molecule has 0 aromatic rings. The summed E-state index contributed by atoms with van der Waals surface area (Å²) in [5.74, 6) is 0. The fourth-order valence-electron chi connectivity index (χ4n) is 2.28. The Morgan fingerprint density at radius 3 is 2.26 bits per heavy atom. The molecule has 1 heterocycles. The third kappa shape index (κ3) is 6.31. The van der Waals surface area contributed by atoms with Crippen LogP contribution < -0.4 is 10.6 Å². The molecule has 6 nitrogen and oxygen atoms in total. The molecule has 0 bridgehead atoms. The molecule has 0 atom stereocenters. The molecule has 0 aromatic heterocycles. The van der Waals surface area contributed by atoms with E-state index in [9.17, 15) is 0 Å². The van der Waals surface area contributed by atoms with Gasteiger partial charge in [-0.3, -0.25) is 4.90 Å². The zero-order chi connectivity index (χ0) is 14.0. The summed E-state index contributed by atoms with van der Waals surface area (Å²) in [7, 11) is 2.62. The summed E-state index contributed by atoms with van der Waals surface area (Å²) in [4.78, 5) is 2.49. The second-order valence-corrected chi connectivity index (χ2v) is 7.83. The second kappa shape index (κ2) is 9.81. The van der Waals surface area contributed by atoms with Crippen LogP contribution in [0.15, 0.2) is 0 Å². The van der Waals surface area contributed by atoms with Crippen molar-refractivity contribution in [1.29, 1.82) is 0 Å². The summed E-state index contributed by atoms with van der Waals surface area (Å²) < 4.78 is 16.2. The van der Waals surface area contributed by atoms with Crippen molar-refractivity contribution < 1.29 is 13.3 Å². The minimum absolute atomic E-state index is 0.858. The molecular formula is C12H29N3O3Si. The van der Waals surface area contributed by atoms with Crippen LogP contribution in [0.2, 0.25) is 6.04 Å². The molecule has 19 heavy (non-hydrogen) atoms. The third-order valence-electron chi connectivity index (χ3n) is 3.58. The molecule has 1 aliphatic rings. The Hall–Kier alpha value is -0.0231. The smallest absolute Gasteiger partial charge is 0.377 e. The van der Waals surface area contributed by atoms with Crippen molar-refractivity contribution in [2.75, 3.05) is 67.1 Å². The SMILES string of the molecule is CO[Si](CCCNCCN1CCNCC1)(OC)OC. The molecule has 2 N–H and O–H groups in total. The topological polar surface area (TPSA) is 55.0 Å². The highest BCUT2D eigenvalue weighted by Gasteiger charge is 2.36. The molecule has 0 saturated carbocycles. The van der Waals surface area contributed by atoms with Gasteiger partial charge in [0.1, 0.15) is 0 Å². The number of hydrogen-bond acceptors (Lipinski definition) is 6. The molecule has 0 radical (unpaired) electrons. The number of rotatable bonds is 10. The summed E-state index contributed by atoms with van der Waals surface area (Å²) in [6.45, 7) is 7.71. The number of nitrogens with zero attached hydrogens (tertiary/aromatic N) is 1. The van der Waals surface area contributed by atoms with Crippen molar-refractivity contribution in [3.05, 3.63) is 0 Å². The lowest BCUT2D eigenvalue weighted by molar-refractivity contribution is 0.123. The van der Waals surface area contributed by atoms with Crippen LogP contribution in [0.1, 0.15) is 6.42 Å². The predicted octanol–water partition coefficient (Wildman–Crippen LogP) is -0.251. The van der Waals surface area contributed by atoms with E-state index in [1.807, 2.05) is 0 Å². The highest BCUT2D eigenvalue weighted by Crippen LogP contribution is 2.14. The van der Waals surface area contributed by atoms with Gasteiger partial charge < -0.3 is 23.9 Å². The van der Waals surface area contributed by atoms with Gasteiger partial charge in [0.2, 0.25) is 0 Å². The third-order valence-corrected chi connectivity index (χ3v) is 6.42. The van der Waals surface area contributed by atoms with Crippen molar-refractivity contribution in [3.8, 4) is 0 Å². The van der Waals surface area contributed by atoms with Gasteiger partial charge in [0, 0.05) is 66.6 Å². The van der Waals surface area contributed by atoms with Gasteiger partial charge in [-0.15, -0.1) is 0 Å². The Morgan fingerprint density at radius 2 is 1.68 bits per heavy atom. The van der Waals surface area contributed by atoms with Crippen molar-refractivity contribution in [2.24, 2.45) is 0 Å². The normalized spacial score (nSPS) is 17.8. The summed E-state index contributed by atoms with van der Waals surface area (Å²) in [6, 6.07) is 0.858. The molecular weight excluding hydrogens is 262 g/mol. The molecule has 1 fully saturated rings. The zero-order valence-electron chi connectivity index (χ0n) is 12.5. The fraction of sp³-hybridized carbons (Fsp3) is 1.00. The van der Waals surface area contributed by atoms with E-state index in [1.165, 1.54) is 0 Å². The monoisotopic (exact) mass is 291 g/mol. The standard InChI is InChI=1S/C12H29N3O3Si/c1-16-19(17-2,18-3)12-4-5-13-6-9-15-10-7-14-8-11-15/h13-14H,4-12H2,1-3H3.